The lowest BCUT2D eigenvalue weighted by atomic mass is 10.2. The number of para-hydroxylation sites is 1. The van der Waals surface area contributed by atoms with Crippen LogP contribution < -0.4 is 20.7 Å². The molecule has 2 aromatic rings. The molecule has 0 amide bonds. The van der Waals surface area contributed by atoms with Crippen molar-refractivity contribution in [2.24, 2.45) is 4.99 Å². The zero-order valence-corrected chi connectivity index (χ0v) is 13.5. The molecule has 0 saturated carbocycles. The van der Waals surface area contributed by atoms with Crippen molar-refractivity contribution in [1.82, 2.24) is 10.4 Å². The number of nitrogens with one attached hydrogen (secondary N) is 1. The molecule has 1 heterocycles. The summed E-state index contributed by atoms with van der Waals surface area (Å²) < 4.78 is 5.51. The maximum atomic E-state index is 10.9. The third-order valence-electron chi connectivity index (χ3n) is 3.70. The fourth-order valence-corrected chi connectivity index (χ4v) is 2.49. The van der Waals surface area contributed by atoms with E-state index in [0.717, 1.165) is 10.9 Å². The van der Waals surface area contributed by atoms with Gasteiger partial charge in [-0.1, -0.05) is 18.2 Å². The number of nitro groups is 1. The quantitative estimate of drug-likeness (QED) is 0.555. The van der Waals surface area contributed by atoms with Gasteiger partial charge in [-0.05, 0) is 12.1 Å². The Balaban J connectivity index is 1.73. The second-order valence-electron chi connectivity index (χ2n) is 5.41. The van der Waals surface area contributed by atoms with E-state index in [9.17, 15) is 10.1 Å². The number of aliphatic hydroxyl groups is 1. The maximum Gasteiger partial charge on any atom is 0.270 e. The minimum Gasteiger partial charge on any atom is -0.491 e. The highest BCUT2D eigenvalue weighted by Crippen LogP contribution is 2.17. The molecule has 2 N–H and O–H groups in total. The van der Waals surface area contributed by atoms with Gasteiger partial charge in [0.2, 0.25) is 0 Å². The molecule has 25 heavy (non-hydrogen) atoms. The van der Waals surface area contributed by atoms with Gasteiger partial charge in [0.05, 0.1) is 16.9 Å². The van der Waals surface area contributed by atoms with Crippen molar-refractivity contribution >= 4 is 11.9 Å². The Bertz CT molecular complexity index is 884. The number of nitro benzene ring substituents is 1. The van der Waals surface area contributed by atoms with Gasteiger partial charge in [0, 0.05) is 35.7 Å². The fourth-order valence-electron chi connectivity index (χ4n) is 2.49. The first-order chi connectivity index (χ1) is 12.2. The smallest absolute Gasteiger partial charge is 0.270 e. The van der Waals surface area contributed by atoms with Gasteiger partial charge in [-0.3, -0.25) is 20.1 Å². The predicted molar refractivity (Wildman–Crippen MR) is 90.9 cm³/mol. The van der Waals surface area contributed by atoms with E-state index in [2.05, 4.69) is 10.4 Å². The van der Waals surface area contributed by atoms with Crippen LogP contribution in [0.3, 0.4) is 0 Å². The van der Waals surface area contributed by atoms with E-state index in [1.165, 1.54) is 12.1 Å². The molecule has 1 aliphatic heterocycles. The SMILES string of the molecule is O=[N+]([O-])c1ccc2c(c1)=CN(NCc1ccccc1OCCO)CN=2. The van der Waals surface area contributed by atoms with E-state index in [4.69, 9.17) is 9.84 Å². The zero-order chi connectivity index (χ0) is 17.6. The number of aliphatic hydroxyl groups excluding tert-OH is 1. The molecule has 1 aliphatic rings. The average molecular weight is 342 g/mol. The summed E-state index contributed by atoms with van der Waals surface area (Å²) >= 11 is 0. The molecule has 0 aromatic heterocycles. The minimum absolute atomic E-state index is 0.0369. The van der Waals surface area contributed by atoms with E-state index in [1.54, 1.807) is 17.3 Å². The molecular weight excluding hydrogens is 324 g/mol. The molecule has 0 unspecified atom stereocenters. The zero-order valence-electron chi connectivity index (χ0n) is 13.5. The van der Waals surface area contributed by atoms with Crippen LogP contribution in [0.15, 0.2) is 47.5 Å². The summed E-state index contributed by atoms with van der Waals surface area (Å²) in [6, 6.07) is 12.2. The number of hydrogen-bond donors (Lipinski definition) is 2. The molecule has 130 valence electrons. The first-order valence-electron chi connectivity index (χ1n) is 7.80. The summed E-state index contributed by atoms with van der Waals surface area (Å²) in [4.78, 5) is 14.9. The highest BCUT2D eigenvalue weighted by Gasteiger charge is 2.10. The van der Waals surface area contributed by atoms with Crippen molar-refractivity contribution in [3.8, 4) is 5.75 Å². The summed E-state index contributed by atoms with van der Waals surface area (Å²) in [5.41, 5.74) is 4.19. The van der Waals surface area contributed by atoms with Crippen LogP contribution in [0.5, 0.6) is 5.75 Å². The van der Waals surface area contributed by atoms with Crippen molar-refractivity contribution in [3.05, 3.63) is 68.7 Å². The van der Waals surface area contributed by atoms with E-state index >= 15 is 0 Å². The molecule has 0 bridgehead atoms. The van der Waals surface area contributed by atoms with E-state index in [-0.39, 0.29) is 18.9 Å². The van der Waals surface area contributed by atoms with Crippen LogP contribution in [-0.4, -0.2) is 34.9 Å². The second kappa shape index (κ2) is 7.73. The van der Waals surface area contributed by atoms with Crippen molar-refractivity contribution in [3.63, 3.8) is 0 Å². The lowest BCUT2D eigenvalue weighted by Gasteiger charge is -2.22. The lowest BCUT2D eigenvalue weighted by molar-refractivity contribution is -0.385. The first-order valence-corrected chi connectivity index (χ1v) is 7.80. The van der Waals surface area contributed by atoms with Crippen LogP contribution in [0.1, 0.15) is 5.56 Å². The van der Waals surface area contributed by atoms with Gasteiger partial charge in [-0.15, -0.1) is 0 Å². The Morgan fingerprint density at radius 3 is 2.96 bits per heavy atom. The van der Waals surface area contributed by atoms with Gasteiger partial charge in [0.15, 0.2) is 0 Å². The number of hydrogen-bond acceptors (Lipinski definition) is 7. The first kappa shape index (κ1) is 16.9. The number of non-ortho nitro benzene ring substituents is 1. The van der Waals surface area contributed by atoms with Crippen molar-refractivity contribution in [1.29, 1.82) is 0 Å². The van der Waals surface area contributed by atoms with Gasteiger partial charge in [0.25, 0.3) is 5.69 Å². The Labute approximate surface area is 143 Å². The van der Waals surface area contributed by atoms with Gasteiger partial charge in [-0.2, -0.15) is 0 Å². The Hall–Kier alpha value is -2.97. The number of benzene rings is 2. The minimum atomic E-state index is -0.421. The molecule has 0 aliphatic carbocycles. The van der Waals surface area contributed by atoms with E-state index in [0.29, 0.717) is 24.2 Å². The molecular formula is C17H18N4O4. The topological polar surface area (TPSA) is 100 Å². The van der Waals surface area contributed by atoms with Gasteiger partial charge in [-0.25, -0.2) is 5.43 Å². The third-order valence-corrected chi connectivity index (χ3v) is 3.70. The Kier molecular flexibility index (Phi) is 5.22. The molecule has 8 nitrogen and oxygen atoms in total. The Morgan fingerprint density at radius 1 is 1.32 bits per heavy atom. The largest absolute Gasteiger partial charge is 0.491 e. The van der Waals surface area contributed by atoms with Crippen LogP contribution in [0.25, 0.3) is 6.20 Å². The van der Waals surface area contributed by atoms with Gasteiger partial charge >= 0.3 is 0 Å². The predicted octanol–water partition coefficient (Wildman–Crippen LogP) is 0.301. The van der Waals surface area contributed by atoms with Crippen molar-refractivity contribution in [2.75, 3.05) is 19.9 Å². The molecule has 0 fully saturated rings. The number of rotatable bonds is 7. The standard InChI is InChI=1S/C17H18N4O4/c22-7-8-25-17-4-2-1-3-13(17)10-19-20-11-14-9-15(21(23)24)5-6-16(14)18-12-20/h1-6,9,11,19,22H,7-8,10,12H2. The number of nitrogens with zero attached hydrogens (tertiary/aromatic N) is 3. The lowest BCUT2D eigenvalue weighted by Crippen LogP contribution is -2.42. The normalized spacial score (nSPS) is 12.8. The highest BCUT2D eigenvalue weighted by molar-refractivity contribution is 5.36. The number of fused-ring (bicyclic) bond motifs is 1. The summed E-state index contributed by atoms with van der Waals surface area (Å²) in [6.45, 7) is 1.09. The van der Waals surface area contributed by atoms with Crippen molar-refractivity contribution < 1.29 is 14.8 Å². The highest BCUT2D eigenvalue weighted by atomic mass is 16.6. The molecule has 0 radical (unpaired) electrons. The van der Waals surface area contributed by atoms with Crippen LogP contribution >= 0.6 is 0 Å². The molecule has 2 aromatic carbocycles. The van der Waals surface area contributed by atoms with Crippen LogP contribution in [-0.2, 0) is 6.54 Å². The van der Waals surface area contributed by atoms with Crippen molar-refractivity contribution in [2.45, 2.75) is 6.54 Å². The summed E-state index contributed by atoms with van der Waals surface area (Å²) in [7, 11) is 0. The average Bonchev–Trinajstić information content (AvgIpc) is 2.64. The molecule has 8 heteroatoms. The fraction of sp³-hybridized carbons (Fsp3) is 0.235. The summed E-state index contributed by atoms with van der Waals surface area (Å²) in [5, 5.41) is 23.0. The van der Waals surface area contributed by atoms with E-state index < -0.39 is 4.92 Å². The maximum absolute atomic E-state index is 10.9. The number of hydrazine groups is 1. The summed E-state index contributed by atoms with van der Waals surface area (Å²) in [6.07, 6.45) is 1.80. The monoisotopic (exact) mass is 342 g/mol. The molecule has 3 rings (SSSR count). The van der Waals surface area contributed by atoms with Gasteiger partial charge in [0.1, 0.15) is 19.0 Å². The molecule has 0 spiro atoms. The van der Waals surface area contributed by atoms with Crippen LogP contribution in [0, 0.1) is 10.1 Å². The second-order valence-corrected chi connectivity index (χ2v) is 5.41. The van der Waals surface area contributed by atoms with E-state index in [1.807, 2.05) is 24.3 Å². The van der Waals surface area contributed by atoms with Crippen LogP contribution in [0.2, 0.25) is 0 Å². The van der Waals surface area contributed by atoms with Gasteiger partial charge < -0.3 is 9.84 Å². The van der Waals surface area contributed by atoms with Crippen LogP contribution in [0.4, 0.5) is 5.69 Å². The Morgan fingerprint density at radius 2 is 2.16 bits per heavy atom. The third kappa shape index (κ3) is 4.11. The number of ether oxygens (including phenoxy) is 1. The molecule has 0 saturated heterocycles. The summed E-state index contributed by atoms with van der Waals surface area (Å²) in [5.74, 6) is 0.703. The molecule has 0 atom stereocenters.